The van der Waals surface area contributed by atoms with Gasteiger partial charge in [0.2, 0.25) is 0 Å². The van der Waals surface area contributed by atoms with Crippen molar-refractivity contribution in [2.45, 2.75) is 13.0 Å². The van der Waals surface area contributed by atoms with Crippen molar-refractivity contribution in [3.63, 3.8) is 0 Å². The normalized spacial score (nSPS) is 12.4. The molecule has 0 amide bonds. The Bertz CT molecular complexity index is 558. The second kappa shape index (κ2) is 5.67. The Hall–Kier alpha value is -1.13. The van der Waals surface area contributed by atoms with Crippen molar-refractivity contribution in [1.29, 1.82) is 0 Å². The van der Waals surface area contributed by atoms with Gasteiger partial charge in [-0.3, -0.25) is 10.8 Å². The molecule has 0 fully saturated rings. The maximum absolute atomic E-state index is 6.20. The summed E-state index contributed by atoms with van der Waals surface area (Å²) in [5, 5.41) is 0.993. The van der Waals surface area contributed by atoms with Crippen molar-refractivity contribution < 1.29 is 0 Å². The van der Waals surface area contributed by atoms with E-state index in [0.29, 0.717) is 10.0 Å². The molecule has 0 radical (unpaired) electrons. The third-order valence-corrected chi connectivity index (χ3v) is 3.50. The zero-order chi connectivity index (χ0) is 13.1. The van der Waals surface area contributed by atoms with Gasteiger partial charge in [-0.05, 0) is 30.7 Å². The van der Waals surface area contributed by atoms with Gasteiger partial charge in [-0.15, -0.1) is 0 Å². The molecule has 1 unspecified atom stereocenters. The maximum Gasteiger partial charge on any atom is 0.0896 e. The molecule has 3 nitrogen and oxygen atoms in total. The Balaban J connectivity index is 2.49. The molecule has 0 saturated carbocycles. The number of benzene rings is 1. The van der Waals surface area contributed by atoms with Gasteiger partial charge in [0.15, 0.2) is 0 Å². The van der Waals surface area contributed by atoms with Gasteiger partial charge < -0.3 is 0 Å². The van der Waals surface area contributed by atoms with E-state index in [2.05, 4.69) is 10.4 Å². The molecule has 1 atom stereocenters. The van der Waals surface area contributed by atoms with E-state index in [9.17, 15) is 0 Å². The average molecular weight is 282 g/mol. The molecule has 0 bridgehead atoms. The number of nitrogens with zero attached hydrogens (tertiary/aromatic N) is 1. The summed E-state index contributed by atoms with van der Waals surface area (Å²) in [6.45, 7) is 1.93. The molecule has 18 heavy (non-hydrogen) atoms. The fourth-order valence-electron chi connectivity index (χ4n) is 1.80. The van der Waals surface area contributed by atoms with Crippen LogP contribution in [0.2, 0.25) is 10.0 Å². The molecule has 2 aromatic rings. The van der Waals surface area contributed by atoms with Crippen LogP contribution in [0.5, 0.6) is 0 Å². The lowest BCUT2D eigenvalue weighted by molar-refractivity contribution is 0.619. The summed E-state index contributed by atoms with van der Waals surface area (Å²) in [7, 11) is 0. The highest BCUT2D eigenvalue weighted by Gasteiger charge is 2.18. The van der Waals surface area contributed by atoms with Crippen molar-refractivity contribution >= 4 is 23.2 Å². The second-order valence-electron chi connectivity index (χ2n) is 3.95. The van der Waals surface area contributed by atoms with E-state index in [4.69, 9.17) is 29.0 Å². The Kier molecular flexibility index (Phi) is 4.19. The molecule has 2 rings (SSSR count). The first kappa shape index (κ1) is 13.3. The van der Waals surface area contributed by atoms with Crippen molar-refractivity contribution in [1.82, 2.24) is 10.4 Å². The van der Waals surface area contributed by atoms with E-state index in [1.807, 2.05) is 37.3 Å². The molecule has 1 aromatic heterocycles. The first-order valence-corrected chi connectivity index (χ1v) is 6.22. The van der Waals surface area contributed by atoms with E-state index in [1.54, 1.807) is 6.07 Å². The molecule has 94 valence electrons. The standard InChI is InChI=1S/C13H13Cl2N3/c1-8-4-2-7-11(17-8)13(18-16)9-5-3-6-10(14)12(9)15/h2-7,13,18H,16H2,1H3. The smallest absolute Gasteiger partial charge is 0.0896 e. The van der Waals surface area contributed by atoms with Gasteiger partial charge in [-0.1, -0.05) is 41.4 Å². The number of hydrogen-bond acceptors (Lipinski definition) is 3. The predicted molar refractivity (Wildman–Crippen MR) is 74.6 cm³/mol. The molecular weight excluding hydrogens is 269 g/mol. The lowest BCUT2D eigenvalue weighted by atomic mass is 10.0. The Morgan fingerprint density at radius 3 is 2.56 bits per heavy atom. The largest absolute Gasteiger partial charge is 0.271 e. The first-order valence-electron chi connectivity index (χ1n) is 5.47. The van der Waals surface area contributed by atoms with Crippen LogP contribution < -0.4 is 11.3 Å². The molecule has 0 aliphatic heterocycles. The summed E-state index contributed by atoms with van der Waals surface area (Å²) in [5.41, 5.74) is 5.26. The summed E-state index contributed by atoms with van der Waals surface area (Å²) < 4.78 is 0. The van der Waals surface area contributed by atoms with Crippen LogP contribution in [-0.2, 0) is 0 Å². The number of pyridine rings is 1. The number of rotatable bonds is 3. The Labute approximate surface area is 116 Å². The third kappa shape index (κ3) is 2.65. The molecule has 0 spiro atoms. The van der Waals surface area contributed by atoms with Crippen LogP contribution in [-0.4, -0.2) is 4.98 Å². The molecule has 1 heterocycles. The van der Waals surface area contributed by atoms with Gasteiger partial charge in [0.25, 0.3) is 0 Å². The Morgan fingerprint density at radius 2 is 1.89 bits per heavy atom. The van der Waals surface area contributed by atoms with Crippen LogP contribution in [0.25, 0.3) is 0 Å². The van der Waals surface area contributed by atoms with Gasteiger partial charge in [0.05, 0.1) is 21.8 Å². The van der Waals surface area contributed by atoms with E-state index in [-0.39, 0.29) is 6.04 Å². The van der Waals surface area contributed by atoms with Crippen LogP contribution >= 0.6 is 23.2 Å². The minimum absolute atomic E-state index is 0.281. The monoisotopic (exact) mass is 281 g/mol. The van der Waals surface area contributed by atoms with E-state index < -0.39 is 0 Å². The van der Waals surface area contributed by atoms with Crippen LogP contribution in [0, 0.1) is 6.92 Å². The van der Waals surface area contributed by atoms with Gasteiger partial charge in [-0.2, -0.15) is 0 Å². The number of aryl methyl sites for hydroxylation is 1. The van der Waals surface area contributed by atoms with Gasteiger partial charge in [0.1, 0.15) is 0 Å². The lowest BCUT2D eigenvalue weighted by Gasteiger charge is -2.18. The van der Waals surface area contributed by atoms with Gasteiger partial charge in [-0.25, -0.2) is 5.43 Å². The first-order chi connectivity index (χ1) is 8.63. The maximum atomic E-state index is 6.20. The van der Waals surface area contributed by atoms with Crippen LogP contribution in [0.1, 0.15) is 23.0 Å². The van der Waals surface area contributed by atoms with Crippen molar-refractivity contribution in [2.75, 3.05) is 0 Å². The van der Waals surface area contributed by atoms with E-state index in [1.165, 1.54) is 0 Å². The second-order valence-corrected chi connectivity index (χ2v) is 4.73. The highest BCUT2D eigenvalue weighted by Crippen LogP contribution is 2.32. The fourth-order valence-corrected chi connectivity index (χ4v) is 2.22. The van der Waals surface area contributed by atoms with Crippen LogP contribution in [0.15, 0.2) is 36.4 Å². The van der Waals surface area contributed by atoms with Gasteiger partial charge >= 0.3 is 0 Å². The summed E-state index contributed by atoms with van der Waals surface area (Å²) >= 11 is 12.2. The number of nitrogens with two attached hydrogens (primary N) is 1. The van der Waals surface area contributed by atoms with Crippen LogP contribution in [0.4, 0.5) is 0 Å². The lowest BCUT2D eigenvalue weighted by Crippen LogP contribution is -2.29. The minimum Gasteiger partial charge on any atom is -0.271 e. The predicted octanol–water partition coefficient (Wildman–Crippen LogP) is 3.25. The molecule has 0 aliphatic rings. The fraction of sp³-hybridized carbons (Fsp3) is 0.154. The minimum atomic E-state index is -0.281. The number of halogens is 2. The quantitative estimate of drug-likeness (QED) is 0.671. The third-order valence-electron chi connectivity index (χ3n) is 2.66. The number of aromatic nitrogens is 1. The summed E-state index contributed by atoms with van der Waals surface area (Å²) in [4.78, 5) is 4.45. The van der Waals surface area contributed by atoms with Crippen molar-refractivity contribution in [3.05, 3.63) is 63.4 Å². The molecule has 0 aliphatic carbocycles. The summed E-state index contributed by atoms with van der Waals surface area (Å²) in [6.07, 6.45) is 0. The van der Waals surface area contributed by atoms with Crippen molar-refractivity contribution in [2.24, 2.45) is 5.84 Å². The van der Waals surface area contributed by atoms with E-state index >= 15 is 0 Å². The summed E-state index contributed by atoms with van der Waals surface area (Å²) in [5.74, 6) is 5.61. The molecule has 3 N–H and O–H groups in total. The highest BCUT2D eigenvalue weighted by atomic mass is 35.5. The molecule has 1 aromatic carbocycles. The van der Waals surface area contributed by atoms with Crippen LogP contribution in [0.3, 0.4) is 0 Å². The zero-order valence-corrected chi connectivity index (χ0v) is 11.3. The van der Waals surface area contributed by atoms with Gasteiger partial charge in [0, 0.05) is 5.69 Å². The number of nitrogens with one attached hydrogen (secondary N) is 1. The highest BCUT2D eigenvalue weighted by molar-refractivity contribution is 6.42. The molecule has 5 heteroatoms. The number of hydrazine groups is 1. The zero-order valence-electron chi connectivity index (χ0n) is 9.82. The summed E-state index contributed by atoms with van der Waals surface area (Å²) in [6, 6.07) is 10.9. The molecular formula is C13H13Cl2N3. The topological polar surface area (TPSA) is 50.9 Å². The Morgan fingerprint density at radius 1 is 1.17 bits per heavy atom. The van der Waals surface area contributed by atoms with Crippen molar-refractivity contribution in [3.8, 4) is 0 Å². The molecule has 0 saturated heterocycles. The van der Waals surface area contributed by atoms with E-state index in [0.717, 1.165) is 17.0 Å². The average Bonchev–Trinajstić information content (AvgIpc) is 2.35. The number of hydrogen-bond donors (Lipinski definition) is 2. The SMILES string of the molecule is Cc1cccc(C(NN)c2cccc(Cl)c2Cl)n1.